The van der Waals surface area contributed by atoms with Crippen molar-refractivity contribution < 1.29 is 4.79 Å². The molecule has 1 heterocycles. The summed E-state index contributed by atoms with van der Waals surface area (Å²) >= 11 is 0. The Morgan fingerprint density at radius 1 is 1.12 bits per heavy atom. The second-order valence-electron chi connectivity index (χ2n) is 6.45. The van der Waals surface area contributed by atoms with E-state index >= 15 is 0 Å². The summed E-state index contributed by atoms with van der Waals surface area (Å²) in [6, 6.07) is 13.7. The van der Waals surface area contributed by atoms with E-state index in [0.29, 0.717) is 5.82 Å². The minimum absolute atomic E-state index is 0.0100. The Kier molecular flexibility index (Phi) is 4.97. The summed E-state index contributed by atoms with van der Waals surface area (Å²) in [5.41, 5.74) is 4.92. The van der Waals surface area contributed by atoms with E-state index in [9.17, 15) is 4.79 Å². The van der Waals surface area contributed by atoms with Crippen LogP contribution in [0.3, 0.4) is 0 Å². The molecule has 1 amide bonds. The van der Waals surface area contributed by atoms with E-state index in [-0.39, 0.29) is 12.5 Å². The van der Waals surface area contributed by atoms with E-state index < -0.39 is 0 Å². The highest BCUT2D eigenvalue weighted by Crippen LogP contribution is 2.19. The molecule has 0 aliphatic carbocycles. The molecule has 0 aliphatic heterocycles. The first-order valence-corrected chi connectivity index (χ1v) is 8.35. The fourth-order valence-corrected chi connectivity index (χ4v) is 2.61. The van der Waals surface area contributed by atoms with Gasteiger partial charge in [0.2, 0.25) is 11.7 Å². The molecule has 2 aromatic carbocycles. The van der Waals surface area contributed by atoms with Gasteiger partial charge in [0.15, 0.2) is 0 Å². The zero-order valence-corrected chi connectivity index (χ0v) is 15.4. The van der Waals surface area contributed by atoms with Crippen LogP contribution in [0.1, 0.15) is 11.1 Å². The molecule has 0 spiro atoms. The Bertz CT molecular complexity index is 914. The highest BCUT2D eigenvalue weighted by molar-refractivity contribution is 5.91. The molecule has 0 radical (unpaired) electrons. The van der Waals surface area contributed by atoms with Crippen molar-refractivity contribution in [1.82, 2.24) is 20.2 Å². The summed E-state index contributed by atoms with van der Waals surface area (Å²) in [4.78, 5) is 15.6. The summed E-state index contributed by atoms with van der Waals surface area (Å²) < 4.78 is 0. The molecule has 0 aliphatic rings. The van der Waals surface area contributed by atoms with Gasteiger partial charge in [0.25, 0.3) is 0 Å². The zero-order valence-electron chi connectivity index (χ0n) is 15.4. The van der Waals surface area contributed by atoms with Crippen LogP contribution in [0.5, 0.6) is 0 Å². The number of rotatable bonds is 5. The monoisotopic (exact) mass is 350 g/mol. The van der Waals surface area contributed by atoms with Crippen molar-refractivity contribution in [2.75, 3.05) is 24.3 Å². The Labute approximate surface area is 152 Å². The standard InChI is InChI=1S/C19H22N6O/c1-13-5-10-17(14(2)11-13)20-18(26)12-25-22-19(21-23-25)15-6-8-16(9-7-15)24(3)4/h5-11H,12H2,1-4H3,(H,20,26). The molecule has 7 nitrogen and oxygen atoms in total. The first kappa shape index (κ1) is 17.6. The van der Waals surface area contributed by atoms with Crippen molar-refractivity contribution in [3.63, 3.8) is 0 Å². The Hall–Kier alpha value is -3.22. The van der Waals surface area contributed by atoms with E-state index in [2.05, 4.69) is 20.7 Å². The van der Waals surface area contributed by atoms with Gasteiger partial charge < -0.3 is 10.2 Å². The van der Waals surface area contributed by atoms with E-state index in [1.165, 1.54) is 4.80 Å². The molecule has 3 rings (SSSR count). The number of hydrogen-bond donors (Lipinski definition) is 1. The number of benzene rings is 2. The van der Waals surface area contributed by atoms with Crippen LogP contribution in [0.15, 0.2) is 42.5 Å². The number of carbonyl (C=O) groups is 1. The van der Waals surface area contributed by atoms with Crippen LogP contribution in [0, 0.1) is 13.8 Å². The van der Waals surface area contributed by atoms with Crippen molar-refractivity contribution in [3.05, 3.63) is 53.6 Å². The molecule has 0 unspecified atom stereocenters. The molecule has 3 aromatic rings. The fourth-order valence-electron chi connectivity index (χ4n) is 2.61. The number of anilines is 2. The van der Waals surface area contributed by atoms with Gasteiger partial charge in [0, 0.05) is 31.0 Å². The van der Waals surface area contributed by atoms with Crippen molar-refractivity contribution in [2.24, 2.45) is 0 Å². The molecule has 0 fully saturated rings. The number of nitrogens with one attached hydrogen (secondary N) is 1. The normalized spacial score (nSPS) is 10.6. The number of hydrogen-bond acceptors (Lipinski definition) is 5. The van der Waals surface area contributed by atoms with Crippen LogP contribution >= 0.6 is 0 Å². The minimum atomic E-state index is -0.191. The topological polar surface area (TPSA) is 75.9 Å². The predicted octanol–water partition coefficient (Wildman–Crippen LogP) is 2.66. The maximum absolute atomic E-state index is 12.2. The van der Waals surface area contributed by atoms with Gasteiger partial charge in [-0.2, -0.15) is 4.80 Å². The second kappa shape index (κ2) is 7.35. The average molecular weight is 350 g/mol. The lowest BCUT2D eigenvalue weighted by Gasteiger charge is -2.11. The van der Waals surface area contributed by atoms with Gasteiger partial charge in [0.1, 0.15) is 6.54 Å². The first-order chi connectivity index (χ1) is 12.4. The molecule has 0 bridgehead atoms. The third-order valence-electron chi connectivity index (χ3n) is 4.04. The van der Waals surface area contributed by atoms with Crippen LogP contribution in [-0.4, -0.2) is 40.2 Å². The molecule has 0 saturated carbocycles. The first-order valence-electron chi connectivity index (χ1n) is 8.35. The molecular formula is C19H22N6O. The number of tetrazole rings is 1. The Morgan fingerprint density at radius 2 is 1.85 bits per heavy atom. The SMILES string of the molecule is Cc1ccc(NC(=O)Cn2nnc(-c3ccc(N(C)C)cc3)n2)c(C)c1. The minimum Gasteiger partial charge on any atom is -0.378 e. The van der Waals surface area contributed by atoms with Crippen molar-refractivity contribution in [2.45, 2.75) is 20.4 Å². The summed E-state index contributed by atoms with van der Waals surface area (Å²) in [6.07, 6.45) is 0. The van der Waals surface area contributed by atoms with Crippen molar-refractivity contribution in [1.29, 1.82) is 0 Å². The van der Waals surface area contributed by atoms with Crippen molar-refractivity contribution in [3.8, 4) is 11.4 Å². The highest BCUT2D eigenvalue weighted by atomic mass is 16.2. The lowest BCUT2D eigenvalue weighted by Crippen LogP contribution is -2.21. The van der Waals surface area contributed by atoms with E-state index in [4.69, 9.17) is 0 Å². The molecule has 134 valence electrons. The third kappa shape index (κ3) is 4.05. The maximum Gasteiger partial charge on any atom is 0.248 e. The summed E-state index contributed by atoms with van der Waals surface area (Å²) in [5, 5.41) is 15.2. The van der Waals surface area contributed by atoms with Gasteiger partial charge >= 0.3 is 0 Å². The van der Waals surface area contributed by atoms with Gasteiger partial charge in [-0.15, -0.1) is 10.2 Å². The maximum atomic E-state index is 12.2. The number of aryl methyl sites for hydroxylation is 2. The predicted molar refractivity (Wildman–Crippen MR) is 102 cm³/mol. The van der Waals surface area contributed by atoms with Crippen LogP contribution < -0.4 is 10.2 Å². The second-order valence-corrected chi connectivity index (χ2v) is 6.45. The molecule has 7 heteroatoms. The molecule has 0 atom stereocenters. The fraction of sp³-hybridized carbons (Fsp3) is 0.263. The number of amides is 1. The van der Waals surface area contributed by atoms with E-state index in [1.807, 2.05) is 75.3 Å². The lowest BCUT2D eigenvalue weighted by molar-refractivity contribution is -0.117. The average Bonchev–Trinajstić information content (AvgIpc) is 3.06. The van der Waals surface area contributed by atoms with E-state index in [1.54, 1.807) is 0 Å². The molecule has 1 N–H and O–H groups in total. The zero-order chi connectivity index (χ0) is 18.7. The summed E-state index contributed by atoms with van der Waals surface area (Å²) in [6.45, 7) is 3.99. The molecule has 0 saturated heterocycles. The molecule has 26 heavy (non-hydrogen) atoms. The van der Waals surface area contributed by atoms with Crippen LogP contribution in [0.25, 0.3) is 11.4 Å². The number of aromatic nitrogens is 4. The summed E-state index contributed by atoms with van der Waals surface area (Å²) in [5.74, 6) is 0.304. The van der Waals surface area contributed by atoms with Crippen LogP contribution in [0.2, 0.25) is 0 Å². The number of carbonyl (C=O) groups excluding carboxylic acids is 1. The largest absolute Gasteiger partial charge is 0.378 e. The quantitative estimate of drug-likeness (QED) is 0.766. The lowest BCUT2D eigenvalue weighted by atomic mass is 10.1. The van der Waals surface area contributed by atoms with Gasteiger partial charge in [-0.1, -0.05) is 17.7 Å². The van der Waals surface area contributed by atoms with Crippen molar-refractivity contribution >= 4 is 17.3 Å². The van der Waals surface area contributed by atoms with Gasteiger partial charge in [-0.25, -0.2) is 0 Å². The Balaban J connectivity index is 1.67. The summed E-state index contributed by atoms with van der Waals surface area (Å²) in [7, 11) is 3.97. The third-order valence-corrected chi connectivity index (χ3v) is 4.04. The van der Waals surface area contributed by atoms with Crippen LogP contribution in [-0.2, 0) is 11.3 Å². The smallest absolute Gasteiger partial charge is 0.248 e. The van der Waals surface area contributed by atoms with Gasteiger partial charge in [-0.05, 0) is 55.0 Å². The van der Waals surface area contributed by atoms with E-state index in [0.717, 1.165) is 28.1 Å². The Morgan fingerprint density at radius 3 is 2.50 bits per heavy atom. The van der Waals surface area contributed by atoms with Gasteiger partial charge in [0.05, 0.1) is 0 Å². The molecule has 1 aromatic heterocycles. The molecular weight excluding hydrogens is 328 g/mol. The highest BCUT2D eigenvalue weighted by Gasteiger charge is 2.11. The number of nitrogens with zero attached hydrogens (tertiary/aromatic N) is 5. The van der Waals surface area contributed by atoms with Gasteiger partial charge in [-0.3, -0.25) is 4.79 Å². The van der Waals surface area contributed by atoms with Crippen LogP contribution in [0.4, 0.5) is 11.4 Å².